The SMILES string of the molecule is Cc1cccc(NC(=O)C2CN(S(C)(=O)=O)c3cc(C)ccc3O2)c1. The Morgan fingerprint density at radius 1 is 1.16 bits per heavy atom. The molecule has 0 saturated heterocycles. The highest BCUT2D eigenvalue weighted by Crippen LogP contribution is 2.35. The van der Waals surface area contributed by atoms with E-state index in [4.69, 9.17) is 4.74 Å². The Morgan fingerprint density at radius 2 is 1.88 bits per heavy atom. The van der Waals surface area contributed by atoms with E-state index in [1.54, 1.807) is 18.2 Å². The number of amides is 1. The molecule has 6 nitrogen and oxygen atoms in total. The number of aryl methyl sites for hydroxylation is 2. The third-order valence-corrected chi connectivity index (χ3v) is 5.11. The molecule has 2 aromatic carbocycles. The third kappa shape index (κ3) is 3.76. The van der Waals surface area contributed by atoms with E-state index in [1.165, 1.54) is 4.31 Å². The minimum absolute atomic E-state index is 0.0626. The van der Waals surface area contributed by atoms with E-state index in [0.717, 1.165) is 17.4 Å². The predicted molar refractivity (Wildman–Crippen MR) is 97.6 cm³/mol. The standard InChI is InChI=1S/C18H20N2O4S/c1-12-5-4-6-14(9-12)19-18(21)17-11-20(25(3,22)23)15-10-13(2)7-8-16(15)24-17/h4-10,17H,11H2,1-3H3,(H,19,21). The lowest BCUT2D eigenvalue weighted by Gasteiger charge is -2.34. The van der Waals surface area contributed by atoms with E-state index in [1.807, 2.05) is 38.1 Å². The van der Waals surface area contributed by atoms with Gasteiger partial charge in [-0.05, 0) is 49.2 Å². The van der Waals surface area contributed by atoms with Crippen LogP contribution in [-0.4, -0.2) is 33.2 Å². The molecular formula is C18H20N2O4S. The number of hydrogen-bond acceptors (Lipinski definition) is 4. The van der Waals surface area contributed by atoms with Gasteiger partial charge in [-0.15, -0.1) is 0 Å². The average molecular weight is 360 g/mol. The molecule has 25 heavy (non-hydrogen) atoms. The highest BCUT2D eigenvalue weighted by Gasteiger charge is 2.35. The number of benzene rings is 2. The summed E-state index contributed by atoms with van der Waals surface area (Å²) in [5.74, 6) is -0.00265. The summed E-state index contributed by atoms with van der Waals surface area (Å²) in [5.41, 5.74) is 3.04. The first-order chi connectivity index (χ1) is 11.7. The molecule has 7 heteroatoms. The summed E-state index contributed by atoms with van der Waals surface area (Å²) in [6.45, 7) is 3.74. The molecule has 0 aliphatic carbocycles. The Labute approximate surface area is 147 Å². The second kappa shape index (κ2) is 6.40. The lowest BCUT2D eigenvalue weighted by Crippen LogP contribution is -2.48. The van der Waals surface area contributed by atoms with Crippen LogP contribution in [0.3, 0.4) is 0 Å². The monoisotopic (exact) mass is 360 g/mol. The molecule has 0 radical (unpaired) electrons. The Kier molecular flexibility index (Phi) is 4.43. The molecule has 1 heterocycles. The first-order valence-corrected chi connectivity index (χ1v) is 9.71. The number of hydrogen-bond donors (Lipinski definition) is 1. The number of sulfonamides is 1. The molecular weight excluding hydrogens is 340 g/mol. The molecule has 132 valence electrons. The van der Waals surface area contributed by atoms with Crippen LogP contribution in [0.1, 0.15) is 11.1 Å². The number of rotatable bonds is 3. The van der Waals surface area contributed by atoms with E-state index in [9.17, 15) is 13.2 Å². The quantitative estimate of drug-likeness (QED) is 0.912. The number of carbonyl (C=O) groups is 1. The minimum atomic E-state index is -3.53. The maximum absolute atomic E-state index is 12.6. The van der Waals surface area contributed by atoms with Gasteiger partial charge in [-0.25, -0.2) is 8.42 Å². The Morgan fingerprint density at radius 3 is 2.56 bits per heavy atom. The molecule has 1 aliphatic heterocycles. The van der Waals surface area contributed by atoms with Gasteiger partial charge >= 0.3 is 0 Å². The van der Waals surface area contributed by atoms with Gasteiger partial charge in [0.25, 0.3) is 5.91 Å². The van der Waals surface area contributed by atoms with Crippen molar-refractivity contribution in [3.8, 4) is 5.75 Å². The van der Waals surface area contributed by atoms with Crippen LogP contribution in [0, 0.1) is 13.8 Å². The molecule has 0 fully saturated rings. The summed E-state index contributed by atoms with van der Waals surface area (Å²) >= 11 is 0. The topological polar surface area (TPSA) is 75.7 Å². The molecule has 1 unspecified atom stereocenters. The molecule has 3 rings (SSSR count). The van der Waals surface area contributed by atoms with E-state index in [-0.39, 0.29) is 12.5 Å². The number of anilines is 2. The number of nitrogens with zero attached hydrogens (tertiary/aromatic N) is 1. The van der Waals surface area contributed by atoms with Crippen LogP contribution in [0.4, 0.5) is 11.4 Å². The molecule has 1 N–H and O–H groups in total. The van der Waals surface area contributed by atoms with E-state index in [0.29, 0.717) is 17.1 Å². The fraction of sp³-hybridized carbons (Fsp3) is 0.278. The average Bonchev–Trinajstić information content (AvgIpc) is 2.52. The van der Waals surface area contributed by atoms with Crippen molar-refractivity contribution in [1.29, 1.82) is 0 Å². The van der Waals surface area contributed by atoms with Crippen molar-refractivity contribution in [2.24, 2.45) is 0 Å². The second-order valence-electron chi connectivity index (χ2n) is 6.23. The first kappa shape index (κ1) is 17.3. The van der Waals surface area contributed by atoms with Crippen molar-refractivity contribution in [2.45, 2.75) is 20.0 Å². The zero-order valence-electron chi connectivity index (χ0n) is 14.3. The zero-order chi connectivity index (χ0) is 18.2. The van der Waals surface area contributed by atoms with Gasteiger partial charge in [0.05, 0.1) is 18.5 Å². The summed E-state index contributed by atoms with van der Waals surface area (Å²) in [5, 5.41) is 2.78. The Balaban J connectivity index is 1.89. The van der Waals surface area contributed by atoms with Gasteiger partial charge in [0.1, 0.15) is 5.75 Å². The highest BCUT2D eigenvalue weighted by molar-refractivity contribution is 7.92. The first-order valence-electron chi connectivity index (χ1n) is 7.86. The number of ether oxygens (including phenoxy) is 1. The summed E-state index contributed by atoms with van der Waals surface area (Å²) in [6.07, 6.45) is 0.199. The molecule has 2 aromatic rings. The van der Waals surface area contributed by atoms with Crippen LogP contribution >= 0.6 is 0 Å². The third-order valence-electron chi connectivity index (χ3n) is 3.96. The van der Waals surface area contributed by atoms with E-state index < -0.39 is 16.1 Å². The van der Waals surface area contributed by atoms with Gasteiger partial charge in [0, 0.05) is 5.69 Å². The lowest BCUT2D eigenvalue weighted by atomic mass is 10.1. The van der Waals surface area contributed by atoms with Gasteiger partial charge in [0.15, 0.2) is 6.10 Å². The van der Waals surface area contributed by atoms with Crippen LogP contribution in [0.25, 0.3) is 0 Å². The van der Waals surface area contributed by atoms with E-state index >= 15 is 0 Å². The van der Waals surface area contributed by atoms with Crippen molar-refractivity contribution in [3.63, 3.8) is 0 Å². The predicted octanol–water partition coefficient (Wildman–Crippen LogP) is 2.47. The fourth-order valence-electron chi connectivity index (χ4n) is 2.76. The van der Waals surface area contributed by atoms with E-state index in [2.05, 4.69) is 5.32 Å². The lowest BCUT2D eigenvalue weighted by molar-refractivity contribution is -0.122. The van der Waals surface area contributed by atoms with Crippen LogP contribution in [-0.2, 0) is 14.8 Å². The Hall–Kier alpha value is -2.54. The number of carbonyl (C=O) groups excluding carboxylic acids is 1. The minimum Gasteiger partial charge on any atom is -0.476 e. The molecule has 1 amide bonds. The maximum atomic E-state index is 12.6. The smallest absolute Gasteiger partial charge is 0.267 e. The molecule has 0 bridgehead atoms. The van der Waals surface area contributed by atoms with Crippen molar-refractivity contribution < 1.29 is 17.9 Å². The van der Waals surface area contributed by atoms with Crippen LogP contribution in [0.5, 0.6) is 5.75 Å². The van der Waals surface area contributed by atoms with Crippen molar-refractivity contribution in [2.75, 3.05) is 22.4 Å². The molecule has 1 atom stereocenters. The van der Waals surface area contributed by atoms with Crippen LogP contribution in [0.15, 0.2) is 42.5 Å². The number of nitrogens with one attached hydrogen (secondary N) is 1. The van der Waals surface area contributed by atoms with Crippen LogP contribution in [0.2, 0.25) is 0 Å². The normalized spacial score (nSPS) is 16.8. The summed E-state index contributed by atoms with van der Waals surface area (Å²) in [4.78, 5) is 12.6. The maximum Gasteiger partial charge on any atom is 0.267 e. The molecule has 0 aromatic heterocycles. The number of fused-ring (bicyclic) bond motifs is 1. The Bertz CT molecular complexity index is 924. The molecule has 1 aliphatic rings. The zero-order valence-corrected chi connectivity index (χ0v) is 15.1. The van der Waals surface area contributed by atoms with Gasteiger partial charge in [-0.1, -0.05) is 18.2 Å². The van der Waals surface area contributed by atoms with Crippen molar-refractivity contribution in [3.05, 3.63) is 53.6 Å². The van der Waals surface area contributed by atoms with Crippen molar-refractivity contribution in [1.82, 2.24) is 0 Å². The molecule has 0 saturated carbocycles. The summed E-state index contributed by atoms with van der Waals surface area (Å²) < 4.78 is 31.3. The van der Waals surface area contributed by atoms with Crippen LogP contribution < -0.4 is 14.4 Å². The highest BCUT2D eigenvalue weighted by atomic mass is 32.2. The largest absolute Gasteiger partial charge is 0.476 e. The molecule has 0 spiro atoms. The van der Waals surface area contributed by atoms with Gasteiger partial charge in [-0.3, -0.25) is 9.10 Å². The van der Waals surface area contributed by atoms with Crippen molar-refractivity contribution >= 4 is 27.3 Å². The van der Waals surface area contributed by atoms with Gasteiger partial charge in [0.2, 0.25) is 10.0 Å². The summed E-state index contributed by atoms with van der Waals surface area (Å²) in [7, 11) is -3.53. The second-order valence-corrected chi connectivity index (χ2v) is 8.14. The fourth-order valence-corrected chi connectivity index (χ4v) is 3.66. The van der Waals surface area contributed by atoms with Gasteiger partial charge < -0.3 is 10.1 Å². The van der Waals surface area contributed by atoms with Gasteiger partial charge in [-0.2, -0.15) is 0 Å². The summed E-state index contributed by atoms with van der Waals surface area (Å²) in [6, 6.07) is 12.6.